The summed E-state index contributed by atoms with van der Waals surface area (Å²) in [6.07, 6.45) is 6.92. The van der Waals surface area contributed by atoms with Gasteiger partial charge in [-0.3, -0.25) is 4.79 Å². The third-order valence-corrected chi connectivity index (χ3v) is 5.82. The molecule has 1 aliphatic heterocycles. The number of benzene rings is 1. The Balaban J connectivity index is 1.63. The first kappa shape index (κ1) is 20.0. The predicted molar refractivity (Wildman–Crippen MR) is 112 cm³/mol. The molecule has 1 aromatic heterocycles. The molecule has 27 heavy (non-hydrogen) atoms. The Labute approximate surface area is 167 Å². The second kappa shape index (κ2) is 8.94. The lowest BCUT2D eigenvalue weighted by Gasteiger charge is -2.33. The molecule has 0 bridgehead atoms. The van der Waals surface area contributed by atoms with Crippen LogP contribution in [0, 0.1) is 6.92 Å². The van der Waals surface area contributed by atoms with Crippen LogP contribution in [0.5, 0.6) is 0 Å². The number of aromatic nitrogens is 1. The summed E-state index contributed by atoms with van der Waals surface area (Å²) in [5.74, 6) is -0.0118. The van der Waals surface area contributed by atoms with Gasteiger partial charge >= 0.3 is 0 Å². The topological polar surface area (TPSA) is 37.3 Å². The zero-order chi connectivity index (χ0) is 19.4. The zero-order valence-electron chi connectivity index (χ0n) is 16.6. The molecule has 2 heterocycles. The molecule has 0 saturated carbocycles. The van der Waals surface area contributed by atoms with Crippen LogP contribution in [0.15, 0.2) is 30.5 Å². The van der Waals surface area contributed by atoms with Crippen molar-refractivity contribution in [2.24, 2.45) is 7.05 Å². The molecule has 0 radical (unpaired) electrons. The van der Waals surface area contributed by atoms with Gasteiger partial charge in [-0.1, -0.05) is 30.2 Å². The van der Waals surface area contributed by atoms with E-state index in [1.807, 2.05) is 49.0 Å². The minimum Gasteiger partial charge on any atom is -0.351 e. The normalized spacial score (nSPS) is 17.9. The molecule has 1 N–H and O–H groups in total. The second-order valence-corrected chi connectivity index (χ2v) is 8.08. The number of carbonyl (C=O) groups is 1. The molecule has 1 aliphatic rings. The number of nitrogens with one attached hydrogen (secondary N) is 1. The Morgan fingerprint density at radius 3 is 2.70 bits per heavy atom. The third kappa shape index (κ3) is 4.74. The molecular weight excluding hydrogens is 358 g/mol. The van der Waals surface area contributed by atoms with Crippen molar-refractivity contribution in [2.75, 3.05) is 19.6 Å². The fourth-order valence-corrected chi connectivity index (χ4v) is 4.22. The van der Waals surface area contributed by atoms with E-state index in [0.29, 0.717) is 23.3 Å². The van der Waals surface area contributed by atoms with E-state index in [-0.39, 0.29) is 5.91 Å². The van der Waals surface area contributed by atoms with Gasteiger partial charge in [0.05, 0.1) is 0 Å². The molecule has 5 heteroatoms. The maximum Gasteiger partial charge on any atom is 0.268 e. The van der Waals surface area contributed by atoms with Crippen molar-refractivity contribution in [3.05, 3.63) is 46.7 Å². The van der Waals surface area contributed by atoms with E-state index in [1.165, 1.54) is 25.8 Å². The van der Waals surface area contributed by atoms with Crippen LogP contribution in [0.3, 0.4) is 0 Å². The van der Waals surface area contributed by atoms with Gasteiger partial charge in [-0.25, -0.2) is 0 Å². The first-order chi connectivity index (χ1) is 13.0. The van der Waals surface area contributed by atoms with Crippen LogP contribution >= 0.6 is 11.6 Å². The lowest BCUT2D eigenvalue weighted by atomic mass is 10.0. The first-order valence-corrected chi connectivity index (χ1v) is 10.3. The largest absolute Gasteiger partial charge is 0.351 e. The van der Waals surface area contributed by atoms with E-state index in [0.717, 1.165) is 29.7 Å². The second-order valence-electron chi connectivity index (χ2n) is 7.64. The van der Waals surface area contributed by atoms with Crippen LogP contribution in [-0.2, 0) is 7.05 Å². The van der Waals surface area contributed by atoms with E-state index in [9.17, 15) is 4.79 Å². The first-order valence-electron chi connectivity index (χ1n) is 9.91. The fourth-order valence-electron chi connectivity index (χ4n) is 4.09. The average Bonchev–Trinajstić information content (AvgIpc) is 2.94. The summed E-state index contributed by atoms with van der Waals surface area (Å²) < 4.78 is 1.92. The quantitative estimate of drug-likeness (QED) is 0.732. The number of likely N-dealkylation sites (tertiary alicyclic amines) is 1. The minimum atomic E-state index is -0.0118. The highest BCUT2D eigenvalue weighted by Gasteiger charge is 2.20. The Hall–Kier alpha value is -1.78. The molecule has 1 unspecified atom stereocenters. The fraction of sp³-hybridized carbons (Fsp3) is 0.500. The van der Waals surface area contributed by atoms with Gasteiger partial charge in [0, 0.05) is 43.0 Å². The standard InChI is InChI=1S/C22H30ClN3O/c1-16-15-25(3)21(20(16)18-8-10-19(23)11-9-18)22(27)24-12-6-14-26-13-5-4-7-17(26)2/h8-11,15,17H,4-7,12-14H2,1-3H3,(H,24,27). The highest BCUT2D eigenvalue weighted by molar-refractivity contribution is 6.30. The maximum absolute atomic E-state index is 12.9. The number of nitrogens with zero attached hydrogens (tertiary/aromatic N) is 2. The van der Waals surface area contributed by atoms with Crippen molar-refractivity contribution in [3.8, 4) is 11.1 Å². The molecular formula is C22H30ClN3O. The summed E-state index contributed by atoms with van der Waals surface area (Å²) in [6, 6.07) is 8.34. The SMILES string of the molecule is Cc1cn(C)c(C(=O)NCCCN2CCCCC2C)c1-c1ccc(Cl)cc1. The van der Waals surface area contributed by atoms with E-state index >= 15 is 0 Å². The van der Waals surface area contributed by atoms with Crippen molar-refractivity contribution in [1.82, 2.24) is 14.8 Å². The van der Waals surface area contributed by atoms with Crippen molar-refractivity contribution in [3.63, 3.8) is 0 Å². The van der Waals surface area contributed by atoms with Crippen LogP contribution in [0.25, 0.3) is 11.1 Å². The molecule has 1 saturated heterocycles. The number of carbonyl (C=O) groups excluding carboxylic acids is 1. The molecule has 1 amide bonds. The summed E-state index contributed by atoms with van der Waals surface area (Å²) in [5.41, 5.74) is 3.80. The van der Waals surface area contributed by atoms with Gasteiger partial charge in [0.2, 0.25) is 0 Å². The average molecular weight is 388 g/mol. The molecule has 4 nitrogen and oxygen atoms in total. The molecule has 146 valence electrons. The Kier molecular flexibility index (Phi) is 6.61. The Bertz CT molecular complexity index is 782. The summed E-state index contributed by atoms with van der Waals surface area (Å²) in [6.45, 7) is 7.29. The van der Waals surface area contributed by atoms with Gasteiger partial charge < -0.3 is 14.8 Å². The number of rotatable bonds is 6. The van der Waals surface area contributed by atoms with Gasteiger partial charge in [0.25, 0.3) is 5.91 Å². The molecule has 1 atom stereocenters. The van der Waals surface area contributed by atoms with Crippen molar-refractivity contribution < 1.29 is 4.79 Å². The molecule has 0 aliphatic carbocycles. The molecule has 3 rings (SSSR count). The summed E-state index contributed by atoms with van der Waals surface area (Å²) in [5, 5.41) is 3.82. The predicted octanol–water partition coefficient (Wildman–Crippen LogP) is 4.65. The van der Waals surface area contributed by atoms with Crippen LogP contribution in [0.1, 0.15) is 48.7 Å². The van der Waals surface area contributed by atoms with Crippen LogP contribution in [0.4, 0.5) is 0 Å². The Morgan fingerprint density at radius 1 is 1.26 bits per heavy atom. The lowest BCUT2D eigenvalue weighted by Crippen LogP contribution is -2.39. The zero-order valence-corrected chi connectivity index (χ0v) is 17.4. The van der Waals surface area contributed by atoms with Crippen LogP contribution in [-0.4, -0.2) is 41.1 Å². The number of hydrogen-bond donors (Lipinski definition) is 1. The lowest BCUT2D eigenvalue weighted by molar-refractivity contribution is 0.0941. The summed E-state index contributed by atoms with van der Waals surface area (Å²) in [7, 11) is 1.93. The highest BCUT2D eigenvalue weighted by atomic mass is 35.5. The summed E-state index contributed by atoms with van der Waals surface area (Å²) in [4.78, 5) is 15.4. The van der Waals surface area contributed by atoms with Gasteiger partial charge in [-0.2, -0.15) is 0 Å². The van der Waals surface area contributed by atoms with E-state index in [2.05, 4.69) is 17.1 Å². The van der Waals surface area contributed by atoms with E-state index < -0.39 is 0 Å². The van der Waals surface area contributed by atoms with Crippen molar-refractivity contribution >= 4 is 17.5 Å². The van der Waals surface area contributed by atoms with Crippen LogP contribution < -0.4 is 5.32 Å². The molecule has 1 fully saturated rings. The van der Waals surface area contributed by atoms with Gasteiger partial charge in [0.1, 0.15) is 5.69 Å². The van der Waals surface area contributed by atoms with Crippen molar-refractivity contribution in [1.29, 1.82) is 0 Å². The third-order valence-electron chi connectivity index (χ3n) is 5.57. The number of amides is 1. The minimum absolute atomic E-state index is 0.0118. The summed E-state index contributed by atoms with van der Waals surface area (Å²) >= 11 is 6.02. The molecule has 2 aromatic rings. The van der Waals surface area contributed by atoms with E-state index in [4.69, 9.17) is 11.6 Å². The smallest absolute Gasteiger partial charge is 0.268 e. The van der Waals surface area contributed by atoms with E-state index in [1.54, 1.807) is 0 Å². The van der Waals surface area contributed by atoms with Crippen LogP contribution in [0.2, 0.25) is 5.02 Å². The van der Waals surface area contributed by atoms with Gasteiger partial charge in [-0.05, 0) is 62.9 Å². The molecule has 0 spiro atoms. The number of halogens is 1. The molecule has 1 aromatic carbocycles. The number of aryl methyl sites for hydroxylation is 2. The highest BCUT2D eigenvalue weighted by Crippen LogP contribution is 2.29. The Morgan fingerprint density at radius 2 is 2.00 bits per heavy atom. The van der Waals surface area contributed by atoms with Gasteiger partial charge in [-0.15, -0.1) is 0 Å². The number of hydrogen-bond acceptors (Lipinski definition) is 2. The van der Waals surface area contributed by atoms with Crippen molar-refractivity contribution in [2.45, 2.75) is 45.6 Å². The van der Waals surface area contributed by atoms with Gasteiger partial charge in [0.15, 0.2) is 0 Å². The monoisotopic (exact) mass is 387 g/mol. The maximum atomic E-state index is 12.9. The number of piperidine rings is 1.